The predicted octanol–water partition coefficient (Wildman–Crippen LogP) is 1.52. The van der Waals surface area contributed by atoms with E-state index in [9.17, 15) is 18.0 Å². The van der Waals surface area contributed by atoms with Crippen LogP contribution in [0, 0.1) is 0 Å². The highest BCUT2D eigenvalue weighted by atomic mass is 32.2. The van der Waals surface area contributed by atoms with E-state index in [1.807, 2.05) is 25.2 Å². The average molecular weight is 449 g/mol. The van der Waals surface area contributed by atoms with Crippen LogP contribution in [0.25, 0.3) is 0 Å². The number of sulfonamides is 1. The minimum absolute atomic E-state index is 0.00568. The highest BCUT2D eigenvalue weighted by molar-refractivity contribution is 7.89. The summed E-state index contributed by atoms with van der Waals surface area (Å²) in [5.74, 6) is -0.329. The van der Waals surface area contributed by atoms with Gasteiger partial charge in [0, 0.05) is 38.4 Å². The van der Waals surface area contributed by atoms with Gasteiger partial charge in [-0.3, -0.25) is 9.59 Å². The molecule has 1 heterocycles. The lowest BCUT2D eigenvalue weighted by atomic mass is 10.2. The zero-order valence-electron chi connectivity index (χ0n) is 18.5. The van der Waals surface area contributed by atoms with Crippen molar-refractivity contribution in [3.8, 4) is 0 Å². The summed E-state index contributed by atoms with van der Waals surface area (Å²) in [7, 11) is -1.67. The van der Waals surface area contributed by atoms with Crippen LogP contribution in [0.1, 0.15) is 25.8 Å². The van der Waals surface area contributed by atoms with Crippen molar-refractivity contribution in [2.45, 2.75) is 38.3 Å². The number of hydrogen-bond acceptors (Lipinski definition) is 5. The lowest BCUT2D eigenvalue weighted by Gasteiger charge is -2.19. The smallest absolute Gasteiger partial charge is 0.251 e. The number of pyridine rings is 1. The number of nitrogens with one attached hydrogen (secondary N) is 1. The van der Waals surface area contributed by atoms with Crippen molar-refractivity contribution in [2.24, 2.45) is 0 Å². The molecule has 0 saturated carbocycles. The topological polar surface area (TPSA) is 91.7 Å². The Labute approximate surface area is 184 Å². The van der Waals surface area contributed by atoms with Crippen LogP contribution < -0.4 is 10.9 Å². The van der Waals surface area contributed by atoms with E-state index in [2.05, 4.69) is 22.3 Å². The molecule has 31 heavy (non-hydrogen) atoms. The van der Waals surface area contributed by atoms with Gasteiger partial charge in [-0.05, 0) is 31.6 Å². The van der Waals surface area contributed by atoms with Gasteiger partial charge in [-0.1, -0.05) is 44.2 Å². The molecule has 1 aromatic heterocycles. The predicted molar refractivity (Wildman–Crippen MR) is 121 cm³/mol. The van der Waals surface area contributed by atoms with Crippen molar-refractivity contribution in [3.63, 3.8) is 0 Å². The van der Waals surface area contributed by atoms with Crippen molar-refractivity contribution >= 4 is 15.9 Å². The molecule has 2 rings (SSSR count). The molecule has 0 aliphatic heterocycles. The van der Waals surface area contributed by atoms with Gasteiger partial charge in [-0.25, -0.2) is 8.42 Å². The number of rotatable bonds is 12. The Morgan fingerprint density at radius 1 is 1.06 bits per heavy atom. The van der Waals surface area contributed by atoms with Crippen LogP contribution in [0.2, 0.25) is 0 Å². The lowest BCUT2D eigenvalue weighted by molar-refractivity contribution is -0.121. The highest BCUT2D eigenvalue weighted by Gasteiger charge is 2.22. The normalized spacial score (nSPS) is 11.8. The summed E-state index contributed by atoms with van der Waals surface area (Å²) >= 11 is 0. The van der Waals surface area contributed by atoms with Crippen molar-refractivity contribution in [2.75, 3.05) is 33.2 Å². The Bertz CT molecular complexity index is 1000. The van der Waals surface area contributed by atoms with E-state index >= 15 is 0 Å². The van der Waals surface area contributed by atoms with E-state index in [0.29, 0.717) is 19.6 Å². The van der Waals surface area contributed by atoms with Gasteiger partial charge < -0.3 is 14.8 Å². The molecule has 0 saturated heterocycles. The summed E-state index contributed by atoms with van der Waals surface area (Å²) in [5, 5.41) is 2.80. The first-order valence-electron chi connectivity index (χ1n) is 10.5. The first kappa shape index (κ1) is 24.8. The first-order chi connectivity index (χ1) is 14.8. The minimum atomic E-state index is -3.70. The van der Waals surface area contributed by atoms with E-state index in [1.165, 1.54) is 28.2 Å². The van der Waals surface area contributed by atoms with Gasteiger partial charge in [0.1, 0.15) is 6.54 Å². The molecule has 1 amide bonds. The summed E-state index contributed by atoms with van der Waals surface area (Å²) in [4.78, 5) is 26.5. The third-order valence-corrected chi connectivity index (χ3v) is 6.98. The van der Waals surface area contributed by atoms with Crippen molar-refractivity contribution < 1.29 is 13.2 Å². The first-order valence-corrected chi connectivity index (χ1v) is 11.9. The standard InChI is InChI=1S/C22H32N4O4S/c1-4-26(5-2)31(29,30)20-12-13-22(28)25(17-20)18-21(27)23-14-9-15-24(3)16-19-10-7-6-8-11-19/h6-8,10-13,17H,4-5,9,14-16,18H2,1-3H3,(H,23,27). The third-order valence-electron chi connectivity index (χ3n) is 4.95. The van der Waals surface area contributed by atoms with Gasteiger partial charge in [-0.2, -0.15) is 4.31 Å². The number of amides is 1. The van der Waals surface area contributed by atoms with Crippen LogP contribution >= 0.6 is 0 Å². The summed E-state index contributed by atoms with van der Waals surface area (Å²) in [6.45, 7) is 6.06. The van der Waals surface area contributed by atoms with Gasteiger partial charge in [0.2, 0.25) is 15.9 Å². The van der Waals surface area contributed by atoms with E-state index in [4.69, 9.17) is 0 Å². The van der Waals surface area contributed by atoms with E-state index in [0.717, 1.165) is 24.1 Å². The molecule has 0 aliphatic rings. The highest BCUT2D eigenvalue weighted by Crippen LogP contribution is 2.13. The quantitative estimate of drug-likeness (QED) is 0.497. The summed E-state index contributed by atoms with van der Waals surface area (Å²) in [6, 6.07) is 12.6. The molecular formula is C22H32N4O4S. The van der Waals surface area contributed by atoms with Crippen LogP contribution in [-0.4, -0.2) is 61.3 Å². The third kappa shape index (κ3) is 7.30. The average Bonchev–Trinajstić information content (AvgIpc) is 2.74. The molecule has 0 atom stereocenters. The summed E-state index contributed by atoms with van der Waals surface area (Å²) in [6.07, 6.45) is 2.00. The Morgan fingerprint density at radius 2 is 1.74 bits per heavy atom. The molecule has 1 aromatic carbocycles. The second kappa shape index (κ2) is 11.8. The van der Waals surface area contributed by atoms with E-state index in [1.54, 1.807) is 13.8 Å². The second-order valence-corrected chi connectivity index (χ2v) is 9.29. The van der Waals surface area contributed by atoms with Crippen LogP contribution in [0.3, 0.4) is 0 Å². The maximum atomic E-state index is 12.7. The zero-order valence-corrected chi connectivity index (χ0v) is 19.3. The molecule has 0 spiro atoms. The Kier molecular flexibility index (Phi) is 9.42. The summed E-state index contributed by atoms with van der Waals surface area (Å²) < 4.78 is 27.8. The van der Waals surface area contributed by atoms with E-state index in [-0.39, 0.29) is 17.3 Å². The second-order valence-electron chi connectivity index (χ2n) is 7.35. The number of carbonyl (C=O) groups is 1. The number of hydrogen-bond donors (Lipinski definition) is 1. The minimum Gasteiger partial charge on any atom is -0.355 e. The number of aromatic nitrogens is 1. The molecule has 0 aliphatic carbocycles. The SMILES string of the molecule is CCN(CC)S(=O)(=O)c1ccc(=O)n(CC(=O)NCCCN(C)Cc2ccccc2)c1. The number of benzene rings is 1. The van der Waals surface area contributed by atoms with Crippen molar-refractivity contribution in [1.82, 2.24) is 19.1 Å². The van der Waals surface area contributed by atoms with Crippen molar-refractivity contribution in [1.29, 1.82) is 0 Å². The van der Waals surface area contributed by atoms with Crippen LogP contribution in [0.15, 0.2) is 58.4 Å². The van der Waals surface area contributed by atoms with Gasteiger partial charge in [0.05, 0.1) is 4.90 Å². The Hall–Kier alpha value is -2.49. The summed E-state index contributed by atoms with van der Waals surface area (Å²) in [5.41, 5.74) is 0.809. The van der Waals surface area contributed by atoms with Gasteiger partial charge in [-0.15, -0.1) is 0 Å². The lowest BCUT2D eigenvalue weighted by Crippen LogP contribution is -2.35. The molecule has 9 heteroatoms. The molecule has 1 N–H and O–H groups in total. The fraction of sp³-hybridized carbons (Fsp3) is 0.455. The fourth-order valence-corrected chi connectivity index (χ4v) is 4.74. The molecule has 170 valence electrons. The number of carbonyl (C=O) groups excluding carboxylic acids is 1. The molecule has 8 nitrogen and oxygen atoms in total. The maximum Gasteiger partial charge on any atom is 0.251 e. The van der Waals surface area contributed by atoms with E-state index < -0.39 is 15.6 Å². The molecule has 0 fully saturated rings. The van der Waals surface area contributed by atoms with Crippen LogP contribution in [0.5, 0.6) is 0 Å². The molecule has 0 unspecified atom stereocenters. The van der Waals surface area contributed by atoms with Gasteiger partial charge in [0.15, 0.2) is 0 Å². The van der Waals surface area contributed by atoms with Gasteiger partial charge in [0.25, 0.3) is 5.56 Å². The Morgan fingerprint density at radius 3 is 2.39 bits per heavy atom. The maximum absolute atomic E-state index is 12.7. The molecule has 0 radical (unpaired) electrons. The monoisotopic (exact) mass is 448 g/mol. The van der Waals surface area contributed by atoms with Crippen LogP contribution in [0.4, 0.5) is 0 Å². The Balaban J connectivity index is 1.87. The molecule has 2 aromatic rings. The number of nitrogens with zero attached hydrogens (tertiary/aromatic N) is 3. The zero-order chi connectivity index (χ0) is 22.9. The fourth-order valence-electron chi connectivity index (χ4n) is 3.26. The van der Waals surface area contributed by atoms with Gasteiger partial charge >= 0.3 is 0 Å². The van der Waals surface area contributed by atoms with Crippen LogP contribution in [-0.2, 0) is 27.9 Å². The largest absolute Gasteiger partial charge is 0.355 e. The van der Waals surface area contributed by atoms with Crippen molar-refractivity contribution in [3.05, 3.63) is 64.6 Å². The molecule has 0 bridgehead atoms. The molecular weight excluding hydrogens is 416 g/mol.